The van der Waals surface area contributed by atoms with Crippen LogP contribution >= 0.6 is 0 Å². The summed E-state index contributed by atoms with van der Waals surface area (Å²) in [5, 5.41) is 0. The zero-order valence-electron chi connectivity index (χ0n) is 17.9. The third-order valence-electron chi connectivity index (χ3n) is 6.79. The Morgan fingerprint density at radius 3 is 2.66 bits per heavy atom. The first-order valence-corrected chi connectivity index (χ1v) is 11.0. The van der Waals surface area contributed by atoms with Gasteiger partial charge in [0.15, 0.2) is 5.43 Å². The van der Waals surface area contributed by atoms with Gasteiger partial charge in [0, 0.05) is 29.3 Å². The summed E-state index contributed by atoms with van der Waals surface area (Å²) in [5.74, 6) is -0.251. The van der Waals surface area contributed by atoms with E-state index in [9.17, 15) is 18.4 Å². The number of hydrogen-bond acceptors (Lipinski definition) is 5. The van der Waals surface area contributed by atoms with E-state index in [0.717, 1.165) is 24.8 Å². The maximum atomic E-state index is 13.9. The summed E-state index contributed by atoms with van der Waals surface area (Å²) in [6, 6.07) is 4.53. The van der Waals surface area contributed by atoms with Crippen molar-refractivity contribution in [3.63, 3.8) is 0 Å². The number of esters is 1. The quantitative estimate of drug-likeness (QED) is 0.627. The molecule has 170 valence electrons. The Bertz CT molecular complexity index is 1120. The highest BCUT2D eigenvalue weighted by Crippen LogP contribution is 2.50. The second kappa shape index (κ2) is 7.99. The van der Waals surface area contributed by atoms with Crippen LogP contribution in [0.2, 0.25) is 0 Å². The number of nitrogens with zero attached hydrogens (tertiary/aromatic N) is 1. The lowest BCUT2D eigenvalue weighted by molar-refractivity contribution is -0.0512. The van der Waals surface area contributed by atoms with Crippen molar-refractivity contribution in [2.24, 2.45) is 5.92 Å². The fourth-order valence-electron chi connectivity index (χ4n) is 4.85. The maximum Gasteiger partial charge on any atom is 0.343 e. The second-order valence-electron chi connectivity index (χ2n) is 8.84. The molecule has 0 atom stereocenters. The molecule has 0 amide bonds. The fraction of sp³-hybridized carbons (Fsp3) is 0.500. The van der Waals surface area contributed by atoms with Crippen LogP contribution < -0.4 is 10.2 Å². The maximum absolute atomic E-state index is 13.9. The first kappa shape index (κ1) is 21.1. The molecule has 1 spiro atoms. The minimum absolute atomic E-state index is 0.0259. The van der Waals surface area contributed by atoms with E-state index in [4.69, 9.17) is 14.2 Å². The number of rotatable bonds is 6. The number of benzene rings is 1. The van der Waals surface area contributed by atoms with E-state index in [-0.39, 0.29) is 34.9 Å². The SMILES string of the molecule is CCOC(=O)c1cn2c(cc1=O)-c1cc(C(F)F)c(OCC3COC3)cc1CC21CCC1. The molecule has 0 bridgehead atoms. The lowest BCUT2D eigenvalue weighted by atomic mass is 9.69. The Morgan fingerprint density at radius 2 is 2.06 bits per heavy atom. The summed E-state index contributed by atoms with van der Waals surface area (Å²) in [4.78, 5) is 25.0. The molecule has 5 rings (SSSR count). The van der Waals surface area contributed by atoms with Crippen LogP contribution in [0.15, 0.2) is 29.2 Å². The Hall–Kier alpha value is -2.74. The first-order valence-electron chi connectivity index (χ1n) is 11.0. The fourth-order valence-corrected chi connectivity index (χ4v) is 4.85. The van der Waals surface area contributed by atoms with Crippen LogP contribution in [-0.4, -0.2) is 37.0 Å². The highest BCUT2D eigenvalue weighted by molar-refractivity contribution is 5.89. The Morgan fingerprint density at radius 1 is 1.28 bits per heavy atom. The lowest BCUT2D eigenvalue weighted by Gasteiger charge is -2.49. The van der Waals surface area contributed by atoms with Gasteiger partial charge in [-0.1, -0.05) is 0 Å². The summed E-state index contributed by atoms with van der Waals surface area (Å²) in [6.45, 7) is 3.35. The van der Waals surface area contributed by atoms with Crippen LogP contribution in [0.4, 0.5) is 8.78 Å². The molecule has 1 aliphatic carbocycles. The number of alkyl halides is 2. The molecule has 3 aliphatic rings. The molecule has 2 aromatic rings. The zero-order valence-corrected chi connectivity index (χ0v) is 17.9. The van der Waals surface area contributed by atoms with Crippen molar-refractivity contribution < 1.29 is 27.8 Å². The van der Waals surface area contributed by atoms with Crippen LogP contribution in [0.1, 0.15) is 54.1 Å². The molecule has 2 aliphatic heterocycles. The van der Waals surface area contributed by atoms with Crippen LogP contribution in [0.25, 0.3) is 11.3 Å². The average Bonchev–Trinajstić information content (AvgIpc) is 2.69. The van der Waals surface area contributed by atoms with Gasteiger partial charge in [0.2, 0.25) is 0 Å². The van der Waals surface area contributed by atoms with E-state index in [0.29, 0.717) is 37.5 Å². The zero-order chi connectivity index (χ0) is 22.5. The molecular formula is C24H25F2NO5. The van der Waals surface area contributed by atoms with Crippen molar-refractivity contribution in [1.29, 1.82) is 0 Å². The summed E-state index contributed by atoms with van der Waals surface area (Å²) in [5.41, 5.74) is 1.07. The molecule has 0 radical (unpaired) electrons. The van der Waals surface area contributed by atoms with Crippen LogP contribution in [0.5, 0.6) is 5.75 Å². The van der Waals surface area contributed by atoms with Gasteiger partial charge in [0.1, 0.15) is 11.3 Å². The van der Waals surface area contributed by atoms with Crippen molar-refractivity contribution in [1.82, 2.24) is 4.57 Å². The van der Waals surface area contributed by atoms with Crippen molar-refractivity contribution in [2.75, 3.05) is 26.4 Å². The predicted molar refractivity (Wildman–Crippen MR) is 112 cm³/mol. The molecule has 1 aromatic carbocycles. The highest BCUT2D eigenvalue weighted by Gasteiger charge is 2.44. The standard InChI is InChI=1S/C24H25F2NO5/c1-2-31-23(29)18-10-27-19(8-20(18)28)16-7-17(22(25)26)21(32-13-14-11-30-12-14)6-15(16)9-24(27)4-3-5-24/h6-8,10,14,22H,2-5,9,11-13H2,1H3. The van der Waals surface area contributed by atoms with E-state index in [1.165, 1.54) is 12.1 Å². The number of carbonyl (C=O) groups excluding carboxylic acids is 1. The number of pyridine rings is 1. The van der Waals surface area contributed by atoms with Crippen molar-refractivity contribution in [3.05, 3.63) is 51.3 Å². The monoisotopic (exact) mass is 445 g/mol. The Kier molecular flexibility index (Phi) is 5.28. The molecule has 1 aromatic heterocycles. The van der Waals surface area contributed by atoms with Gasteiger partial charge in [0.25, 0.3) is 6.43 Å². The molecule has 6 nitrogen and oxygen atoms in total. The summed E-state index contributed by atoms with van der Waals surface area (Å²) in [7, 11) is 0. The topological polar surface area (TPSA) is 66.8 Å². The van der Waals surface area contributed by atoms with Gasteiger partial charge < -0.3 is 18.8 Å². The summed E-state index contributed by atoms with van der Waals surface area (Å²) < 4.78 is 45.8. The number of aromatic nitrogens is 1. The number of fused-ring (bicyclic) bond motifs is 4. The Balaban J connectivity index is 1.61. The predicted octanol–water partition coefficient (Wildman–Crippen LogP) is 4.09. The molecule has 0 N–H and O–H groups in total. The third-order valence-corrected chi connectivity index (χ3v) is 6.79. The molecule has 1 saturated carbocycles. The van der Waals surface area contributed by atoms with Crippen molar-refractivity contribution in [2.45, 2.75) is 44.6 Å². The number of carbonyl (C=O) groups is 1. The van der Waals surface area contributed by atoms with Crippen LogP contribution in [-0.2, 0) is 21.4 Å². The average molecular weight is 445 g/mol. The minimum atomic E-state index is -2.72. The molecule has 3 heterocycles. The summed E-state index contributed by atoms with van der Waals surface area (Å²) in [6.07, 6.45) is 2.27. The molecule has 0 unspecified atom stereocenters. The number of hydrogen-bond donors (Lipinski definition) is 0. The molecule has 2 fully saturated rings. The minimum Gasteiger partial charge on any atom is -0.493 e. The smallest absolute Gasteiger partial charge is 0.343 e. The van der Waals surface area contributed by atoms with E-state index < -0.39 is 17.8 Å². The van der Waals surface area contributed by atoms with E-state index in [1.54, 1.807) is 19.2 Å². The molecule has 32 heavy (non-hydrogen) atoms. The van der Waals surface area contributed by atoms with E-state index in [2.05, 4.69) is 0 Å². The van der Waals surface area contributed by atoms with Crippen LogP contribution in [0, 0.1) is 5.92 Å². The first-order chi connectivity index (χ1) is 15.4. The van der Waals surface area contributed by atoms with Gasteiger partial charge in [0.05, 0.1) is 37.7 Å². The summed E-state index contributed by atoms with van der Waals surface area (Å²) >= 11 is 0. The highest BCUT2D eigenvalue weighted by atomic mass is 19.3. The normalized spacial score (nSPS) is 18.5. The van der Waals surface area contributed by atoms with Gasteiger partial charge in [-0.05, 0) is 50.3 Å². The van der Waals surface area contributed by atoms with E-state index >= 15 is 0 Å². The van der Waals surface area contributed by atoms with Crippen LogP contribution in [0.3, 0.4) is 0 Å². The third kappa shape index (κ3) is 3.41. The number of ether oxygens (including phenoxy) is 3. The molecule has 1 saturated heterocycles. The number of halogens is 2. The van der Waals surface area contributed by atoms with Gasteiger partial charge in [-0.2, -0.15) is 0 Å². The molecule has 8 heteroatoms. The second-order valence-corrected chi connectivity index (χ2v) is 8.84. The Labute approximate surface area is 184 Å². The molecular weight excluding hydrogens is 420 g/mol. The van der Waals surface area contributed by atoms with Crippen molar-refractivity contribution >= 4 is 5.97 Å². The lowest BCUT2D eigenvalue weighted by Crippen LogP contribution is -2.46. The van der Waals surface area contributed by atoms with E-state index in [1.807, 2.05) is 4.57 Å². The van der Waals surface area contributed by atoms with Gasteiger partial charge >= 0.3 is 5.97 Å². The van der Waals surface area contributed by atoms with Gasteiger partial charge in [-0.3, -0.25) is 4.79 Å². The largest absolute Gasteiger partial charge is 0.493 e. The van der Waals surface area contributed by atoms with Crippen molar-refractivity contribution in [3.8, 4) is 17.0 Å². The van der Waals surface area contributed by atoms with Gasteiger partial charge in [-0.15, -0.1) is 0 Å². The van der Waals surface area contributed by atoms with Gasteiger partial charge in [-0.25, -0.2) is 13.6 Å².